The molecule has 4 heteroatoms. The molecule has 0 aliphatic heterocycles. The second-order valence-corrected chi connectivity index (χ2v) is 6.58. The van der Waals surface area contributed by atoms with E-state index in [1.807, 2.05) is 6.07 Å². The van der Waals surface area contributed by atoms with Gasteiger partial charge in [-0.1, -0.05) is 39.3 Å². The minimum absolute atomic E-state index is 0.149. The normalized spacial score (nSPS) is 25.9. The predicted molar refractivity (Wildman–Crippen MR) is 82.3 cm³/mol. The van der Waals surface area contributed by atoms with Gasteiger partial charge in [-0.05, 0) is 42.6 Å². The van der Waals surface area contributed by atoms with Crippen molar-refractivity contribution < 1.29 is 14.7 Å². The van der Waals surface area contributed by atoms with Gasteiger partial charge in [-0.3, -0.25) is 0 Å². The topological polar surface area (TPSA) is 72.5 Å². The lowest BCUT2D eigenvalue weighted by Gasteiger charge is -2.38. The molecule has 1 aromatic carbocycles. The molecule has 0 aromatic heterocycles. The van der Waals surface area contributed by atoms with Crippen molar-refractivity contribution in [1.29, 1.82) is 0 Å². The van der Waals surface area contributed by atoms with Crippen LogP contribution in [-0.4, -0.2) is 11.1 Å². The molecule has 0 radical (unpaired) electrons. The Balaban J connectivity index is 2.47. The Kier molecular flexibility index (Phi) is 4.88. The summed E-state index contributed by atoms with van der Waals surface area (Å²) in [4.78, 5) is 16.3. The highest BCUT2D eigenvalue weighted by molar-refractivity contribution is 5.91. The van der Waals surface area contributed by atoms with Gasteiger partial charge in [0.25, 0.3) is 0 Å². The quantitative estimate of drug-likeness (QED) is 0.827. The van der Waals surface area contributed by atoms with E-state index in [4.69, 9.17) is 10.7 Å². The van der Waals surface area contributed by atoms with Crippen LogP contribution in [0, 0.1) is 17.8 Å². The van der Waals surface area contributed by atoms with E-state index in [9.17, 15) is 9.90 Å². The molecule has 116 valence electrons. The molecule has 0 bridgehead atoms. The van der Waals surface area contributed by atoms with E-state index >= 15 is 0 Å². The number of para-hydroxylation sites is 1. The molecule has 0 amide bonds. The summed E-state index contributed by atoms with van der Waals surface area (Å²) in [6, 6.07) is 5.30. The van der Waals surface area contributed by atoms with Crippen LogP contribution in [0.25, 0.3) is 0 Å². The Labute approximate surface area is 126 Å². The lowest BCUT2D eigenvalue weighted by Crippen LogP contribution is -2.27. The van der Waals surface area contributed by atoms with Crippen molar-refractivity contribution in [3.8, 4) is 5.75 Å². The number of hydrogen-bond donors (Lipinski definition) is 2. The third kappa shape index (κ3) is 3.21. The van der Waals surface area contributed by atoms with E-state index in [1.165, 1.54) is 12.8 Å². The van der Waals surface area contributed by atoms with Gasteiger partial charge in [0.2, 0.25) is 0 Å². The highest BCUT2D eigenvalue weighted by Gasteiger charge is 2.34. The van der Waals surface area contributed by atoms with E-state index in [-0.39, 0.29) is 5.56 Å². The largest absolute Gasteiger partial charge is 0.478 e. The highest BCUT2D eigenvalue weighted by Crippen LogP contribution is 2.46. The lowest BCUT2D eigenvalue weighted by atomic mass is 9.67. The van der Waals surface area contributed by atoms with Gasteiger partial charge in [0, 0.05) is 5.56 Å². The summed E-state index contributed by atoms with van der Waals surface area (Å²) in [5.41, 5.74) is 1.10. The van der Waals surface area contributed by atoms with E-state index in [0.717, 1.165) is 12.0 Å². The van der Waals surface area contributed by atoms with Crippen molar-refractivity contribution in [2.24, 2.45) is 23.7 Å². The first-order valence-electron chi connectivity index (χ1n) is 7.68. The summed E-state index contributed by atoms with van der Waals surface area (Å²) in [6.45, 7) is 6.73. The van der Waals surface area contributed by atoms with E-state index < -0.39 is 5.97 Å². The molecule has 3 atom stereocenters. The molecule has 1 aliphatic rings. The monoisotopic (exact) mass is 291 g/mol. The Morgan fingerprint density at radius 3 is 2.67 bits per heavy atom. The highest BCUT2D eigenvalue weighted by atomic mass is 16.6. The summed E-state index contributed by atoms with van der Waals surface area (Å²) >= 11 is 0. The van der Waals surface area contributed by atoms with Crippen molar-refractivity contribution in [1.82, 2.24) is 0 Å². The molecule has 0 heterocycles. The molecule has 3 N–H and O–H groups in total. The molecule has 1 aromatic rings. The van der Waals surface area contributed by atoms with Crippen LogP contribution in [0.4, 0.5) is 0 Å². The average Bonchev–Trinajstić information content (AvgIpc) is 2.45. The number of carbonyl (C=O) groups is 1. The number of hydrogen-bond acceptors (Lipinski definition) is 3. The Morgan fingerprint density at radius 1 is 1.38 bits per heavy atom. The van der Waals surface area contributed by atoms with Crippen LogP contribution in [0.2, 0.25) is 0 Å². The van der Waals surface area contributed by atoms with Crippen molar-refractivity contribution >= 4 is 5.97 Å². The number of rotatable bonds is 4. The van der Waals surface area contributed by atoms with Crippen LogP contribution in [0.5, 0.6) is 5.75 Å². The first-order chi connectivity index (χ1) is 9.95. The van der Waals surface area contributed by atoms with E-state index in [2.05, 4.69) is 20.8 Å². The molecule has 0 saturated heterocycles. The maximum Gasteiger partial charge on any atom is 0.339 e. The molecule has 1 saturated carbocycles. The number of aromatic carboxylic acids is 1. The SMILES string of the molecule is CC1CCC(C(C)C)C(c2cccc(C(=O)O)c2ON)C1. The van der Waals surface area contributed by atoms with Crippen LogP contribution in [0.3, 0.4) is 0 Å². The van der Waals surface area contributed by atoms with Gasteiger partial charge >= 0.3 is 5.97 Å². The van der Waals surface area contributed by atoms with Gasteiger partial charge in [-0.15, -0.1) is 0 Å². The molecule has 2 rings (SSSR count). The Bertz CT molecular complexity index is 513. The summed E-state index contributed by atoms with van der Waals surface area (Å²) in [5.74, 6) is 6.77. The zero-order valence-corrected chi connectivity index (χ0v) is 13.0. The number of carboxylic acids is 1. The van der Waals surface area contributed by atoms with Gasteiger partial charge < -0.3 is 9.94 Å². The van der Waals surface area contributed by atoms with Crippen LogP contribution in [0.1, 0.15) is 61.9 Å². The van der Waals surface area contributed by atoms with Crippen LogP contribution < -0.4 is 10.7 Å². The first-order valence-corrected chi connectivity index (χ1v) is 7.68. The molecule has 0 spiro atoms. The second kappa shape index (κ2) is 6.48. The van der Waals surface area contributed by atoms with E-state index in [0.29, 0.717) is 29.4 Å². The summed E-state index contributed by atoms with van der Waals surface area (Å²) in [6.07, 6.45) is 3.46. The third-order valence-corrected chi connectivity index (χ3v) is 4.82. The summed E-state index contributed by atoms with van der Waals surface area (Å²) in [7, 11) is 0. The first kappa shape index (κ1) is 15.8. The van der Waals surface area contributed by atoms with Crippen LogP contribution >= 0.6 is 0 Å². The maximum absolute atomic E-state index is 11.4. The minimum Gasteiger partial charge on any atom is -0.478 e. The van der Waals surface area contributed by atoms with E-state index in [1.54, 1.807) is 12.1 Å². The number of benzene rings is 1. The molecular weight excluding hydrogens is 266 g/mol. The van der Waals surface area contributed by atoms with Crippen molar-refractivity contribution in [2.45, 2.75) is 46.0 Å². The Hall–Kier alpha value is -1.55. The summed E-state index contributed by atoms with van der Waals surface area (Å²) in [5, 5.41) is 9.31. The molecule has 4 nitrogen and oxygen atoms in total. The van der Waals surface area contributed by atoms with Crippen molar-refractivity contribution in [2.75, 3.05) is 0 Å². The standard InChI is InChI=1S/C17H25NO3/c1-10(2)12-8-7-11(3)9-15(12)13-5-4-6-14(17(19)20)16(13)21-18/h4-6,10-12,15H,7-9,18H2,1-3H3,(H,19,20). The fourth-order valence-corrected chi connectivity index (χ4v) is 3.71. The maximum atomic E-state index is 11.4. The molecule has 1 fully saturated rings. The minimum atomic E-state index is -0.998. The van der Waals surface area contributed by atoms with Crippen molar-refractivity contribution in [3.05, 3.63) is 29.3 Å². The zero-order valence-electron chi connectivity index (χ0n) is 13.0. The van der Waals surface area contributed by atoms with Crippen LogP contribution in [0.15, 0.2) is 18.2 Å². The van der Waals surface area contributed by atoms with Gasteiger partial charge in [0.05, 0.1) is 0 Å². The summed E-state index contributed by atoms with van der Waals surface area (Å²) < 4.78 is 0. The number of nitrogens with two attached hydrogens (primary N) is 1. The van der Waals surface area contributed by atoms with Crippen molar-refractivity contribution in [3.63, 3.8) is 0 Å². The predicted octanol–water partition coefficient (Wildman–Crippen LogP) is 3.81. The fraction of sp³-hybridized carbons (Fsp3) is 0.588. The van der Waals surface area contributed by atoms with Gasteiger partial charge in [0.1, 0.15) is 5.56 Å². The van der Waals surface area contributed by atoms with Gasteiger partial charge in [0.15, 0.2) is 5.75 Å². The molecule has 3 unspecified atom stereocenters. The molecular formula is C17H25NO3. The fourth-order valence-electron chi connectivity index (χ4n) is 3.71. The van der Waals surface area contributed by atoms with Gasteiger partial charge in [-0.25, -0.2) is 4.79 Å². The smallest absolute Gasteiger partial charge is 0.339 e. The van der Waals surface area contributed by atoms with Gasteiger partial charge in [-0.2, -0.15) is 5.90 Å². The number of carboxylic acid groups (broad SMARTS) is 1. The lowest BCUT2D eigenvalue weighted by molar-refractivity contribution is 0.0691. The Morgan fingerprint density at radius 2 is 2.10 bits per heavy atom. The average molecular weight is 291 g/mol. The second-order valence-electron chi connectivity index (χ2n) is 6.58. The molecule has 21 heavy (non-hydrogen) atoms. The van der Waals surface area contributed by atoms with Crippen LogP contribution in [-0.2, 0) is 0 Å². The third-order valence-electron chi connectivity index (χ3n) is 4.82. The molecule has 1 aliphatic carbocycles. The zero-order chi connectivity index (χ0) is 15.6.